The van der Waals surface area contributed by atoms with E-state index >= 15 is 0 Å². The van der Waals surface area contributed by atoms with Gasteiger partial charge in [0.15, 0.2) is 0 Å². The maximum Gasteiger partial charge on any atom is 0.263 e. The van der Waals surface area contributed by atoms with E-state index in [0.717, 1.165) is 24.1 Å². The number of allylic oxidation sites excluding steroid dienone is 5. The average Bonchev–Trinajstić information content (AvgIpc) is 2.65. The maximum atomic E-state index is 13.5. The molecule has 0 spiro atoms. The minimum absolute atomic E-state index is 0.0412. The molecule has 2 rings (SSSR count). The molecule has 0 aliphatic carbocycles. The van der Waals surface area contributed by atoms with Gasteiger partial charge in [-0.3, -0.25) is 15.4 Å². The van der Waals surface area contributed by atoms with Crippen molar-refractivity contribution < 1.29 is 8.78 Å². The molecule has 1 unspecified atom stereocenters. The van der Waals surface area contributed by atoms with E-state index < -0.39 is 6.43 Å². The first-order chi connectivity index (χ1) is 13.0. The number of aromatic nitrogens is 1. The number of fused-ring (bicyclic) bond motifs is 1. The van der Waals surface area contributed by atoms with Crippen molar-refractivity contribution in [2.45, 2.75) is 46.5 Å². The zero-order valence-corrected chi connectivity index (χ0v) is 16.0. The topological polar surface area (TPSA) is 49.6 Å². The van der Waals surface area contributed by atoms with Crippen LogP contribution < -0.4 is 5.43 Å². The van der Waals surface area contributed by atoms with Crippen molar-refractivity contribution in [3.05, 3.63) is 59.6 Å². The van der Waals surface area contributed by atoms with E-state index in [4.69, 9.17) is 0 Å². The SMILES string of the molecule is C=CCC(CCC)C1=CC(C(F)F)=CC=Nc2cc(C)ncc2/C(C)=N\N1. The van der Waals surface area contributed by atoms with Crippen LogP contribution in [0.15, 0.2) is 58.4 Å². The quantitative estimate of drug-likeness (QED) is 0.672. The molecule has 0 fully saturated rings. The summed E-state index contributed by atoms with van der Waals surface area (Å²) in [6.45, 7) is 9.56. The van der Waals surface area contributed by atoms with Crippen LogP contribution in [0.25, 0.3) is 0 Å². The molecule has 1 aromatic heterocycles. The summed E-state index contributed by atoms with van der Waals surface area (Å²) in [6, 6.07) is 1.81. The van der Waals surface area contributed by atoms with Crippen LogP contribution in [0.2, 0.25) is 0 Å². The molecule has 144 valence electrons. The van der Waals surface area contributed by atoms with Gasteiger partial charge in [0, 0.05) is 40.9 Å². The van der Waals surface area contributed by atoms with Crippen molar-refractivity contribution in [1.82, 2.24) is 10.4 Å². The minimum atomic E-state index is -2.61. The average molecular weight is 372 g/mol. The van der Waals surface area contributed by atoms with E-state index in [1.165, 1.54) is 18.4 Å². The molecule has 1 aliphatic heterocycles. The van der Waals surface area contributed by atoms with Gasteiger partial charge in [-0.1, -0.05) is 19.4 Å². The minimum Gasteiger partial charge on any atom is -0.282 e. The van der Waals surface area contributed by atoms with Gasteiger partial charge in [-0.25, -0.2) is 8.78 Å². The fourth-order valence-corrected chi connectivity index (χ4v) is 2.90. The first-order valence-electron chi connectivity index (χ1n) is 9.08. The van der Waals surface area contributed by atoms with E-state index in [1.807, 2.05) is 19.9 Å². The lowest BCUT2D eigenvalue weighted by Gasteiger charge is -2.19. The Morgan fingerprint density at radius 2 is 2.07 bits per heavy atom. The molecule has 6 heteroatoms. The van der Waals surface area contributed by atoms with Crippen LogP contribution in [0.1, 0.15) is 44.4 Å². The van der Waals surface area contributed by atoms with E-state index in [-0.39, 0.29) is 11.5 Å². The van der Waals surface area contributed by atoms with Gasteiger partial charge in [-0.2, -0.15) is 5.10 Å². The summed E-state index contributed by atoms with van der Waals surface area (Å²) < 4.78 is 27.1. The zero-order chi connectivity index (χ0) is 19.8. The Bertz CT molecular complexity index is 791. The standard InChI is InChI=1S/C21H26F2N4/c1-5-7-16(8-6-2)19-12-17(21(22)23)9-10-24-20-11-14(3)25-13-18(20)15(4)26-27-19/h5,9-13,16,21,27H,1,6-8H2,2-4H3/b17-9?,19-12?,24-10?,26-15-. The molecule has 0 aromatic carbocycles. The van der Waals surface area contributed by atoms with Crippen molar-refractivity contribution >= 4 is 17.6 Å². The van der Waals surface area contributed by atoms with E-state index in [2.05, 4.69) is 34.0 Å². The third kappa shape index (κ3) is 5.67. The molecule has 1 aromatic rings. The molecule has 1 N–H and O–H groups in total. The predicted molar refractivity (Wildman–Crippen MR) is 108 cm³/mol. The highest BCUT2D eigenvalue weighted by molar-refractivity contribution is 6.03. The Hall–Kier alpha value is -2.63. The molecule has 0 radical (unpaired) electrons. The molecule has 4 nitrogen and oxygen atoms in total. The highest BCUT2D eigenvalue weighted by atomic mass is 19.3. The summed E-state index contributed by atoms with van der Waals surface area (Å²) in [5, 5.41) is 4.44. The molecule has 0 amide bonds. The Morgan fingerprint density at radius 3 is 2.74 bits per heavy atom. The molecular formula is C21H26F2N4. The summed E-state index contributed by atoms with van der Waals surface area (Å²) in [5.41, 5.74) is 6.46. The lowest BCUT2D eigenvalue weighted by molar-refractivity contribution is 0.194. The second-order valence-electron chi connectivity index (χ2n) is 6.51. The number of hydrogen-bond acceptors (Lipinski definition) is 4. The number of halogens is 2. The highest BCUT2D eigenvalue weighted by Crippen LogP contribution is 2.25. The lowest BCUT2D eigenvalue weighted by atomic mass is 9.94. The van der Waals surface area contributed by atoms with E-state index in [1.54, 1.807) is 12.3 Å². The molecule has 0 saturated carbocycles. The zero-order valence-electron chi connectivity index (χ0n) is 16.0. The summed E-state index contributed by atoms with van der Waals surface area (Å²) >= 11 is 0. The molecule has 1 atom stereocenters. The van der Waals surface area contributed by atoms with Crippen molar-refractivity contribution in [1.29, 1.82) is 0 Å². The van der Waals surface area contributed by atoms with Gasteiger partial charge in [0.05, 0.1) is 11.4 Å². The summed E-state index contributed by atoms with van der Waals surface area (Å²) in [4.78, 5) is 8.65. The van der Waals surface area contributed by atoms with Gasteiger partial charge in [0.25, 0.3) is 6.43 Å². The number of alkyl halides is 2. The van der Waals surface area contributed by atoms with Crippen molar-refractivity contribution in [3.8, 4) is 0 Å². The van der Waals surface area contributed by atoms with E-state index in [9.17, 15) is 8.78 Å². The summed E-state index contributed by atoms with van der Waals surface area (Å²) in [6.07, 6.45) is 7.61. The predicted octanol–water partition coefficient (Wildman–Crippen LogP) is 5.49. The normalized spacial score (nSPS) is 17.6. The van der Waals surface area contributed by atoms with Crippen LogP contribution in [0.5, 0.6) is 0 Å². The molecule has 27 heavy (non-hydrogen) atoms. The first-order valence-corrected chi connectivity index (χ1v) is 9.08. The number of pyridine rings is 1. The molecular weight excluding hydrogens is 346 g/mol. The number of aryl methyl sites for hydroxylation is 1. The number of nitrogens with one attached hydrogen (secondary N) is 1. The van der Waals surface area contributed by atoms with Crippen LogP contribution >= 0.6 is 0 Å². The van der Waals surface area contributed by atoms with Crippen LogP contribution in [0.3, 0.4) is 0 Å². The number of hydrogen-bond donors (Lipinski definition) is 1. The monoisotopic (exact) mass is 372 g/mol. The molecule has 1 aliphatic rings. The van der Waals surface area contributed by atoms with Crippen LogP contribution in [0.4, 0.5) is 14.5 Å². The van der Waals surface area contributed by atoms with Gasteiger partial charge < -0.3 is 0 Å². The third-order valence-corrected chi connectivity index (χ3v) is 4.34. The fraction of sp³-hybridized carbons (Fsp3) is 0.381. The number of nitrogens with zero attached hydrogens (tertiary/aromatic N) is 3. The first kappa shape index (κ1) is 20.7. The summed E-state index contributed by atoms with van der Waals surface area (Å²) in [7, 11) is 0. The van der Waals surface area contributed by atoms with Crippen LogP contribution in [-0.2, 0) is 0 Å². The Kier molecular flexibility index (Phi) is 7.58. The van der Waals surface area contributed by atoms with Crippen molar-refractivity contribution in [2.75, 3.05) is 0 Å². The second-order valence-corrected chi connectivity index (χ2v) is 6.51. The van der Waals surface area contributed by atoms with Crippen LogP contribution in [-0.4, -0.2) is 23.3 Å². The van der Waals surface area contributed by atoms with Crippen LogP contribution in [0, 0.1) is 12.8 Å². The summed E-state index contributed by atoms with van der Waals surface area (Å²) in [5.74, 6) is 0.0412. The number of aliphatic imine (C=N–C) groups is 1. The number of rotatable bonds is 6. The Labute approximate surface area is 159 Å². The molecule has 0 bridgehead atoms. The van der Waals surface area contributed by atoms with E-state index in [0.29, 0.717) is 23.5 Å². The van der Waals surface area contributed by atoms with Crippen molar-refractivity contribution in [2.24, 2.45) is 16.0 Å². The van der Waals surface area contributed by atoms with Gasteiger partial charge in [0.1, 0.15) is 0 Å². The largest absolute Gasteiger partial charge is 0.282 e. The highest BCUT2D eigenvalue weighted by Gasteiger charge is 2.17. The third-order valence-electron chi connectivity index (χ3n) is 4.34. The lowest BCUT2D eigenvalue weighted by Crippen LogP contribution is -2.18. The molecule has 2 heterocycles. The van der Waals surface area contributed by atoms with Gasteiger partial charge in [-0.15, -0.1) is 6.58 Å². The molecule has 0 saturated heterocycles. The fourth-order valence-electron chi connectivity index (χ4n) is 2.90. The van der Waals surface area contributed by atoms with Gasteiger partial charge >= 0.3 is 0 Å². The number of hydrazone groups is 1. The van der Waals surface area contributed by atoms with Gasteiger partial charge in [-0.05, 0) is 44.9 Å². The van der Waals surface area contributed by atoms with Crippen molar-refractivity contribution in [3.63, 3.8) is 0 Å². The second kappa shape index (κ2) is 9.90. The maximum absolute atomic E-state index is 13.5. The Morgan fingerprint density at radius 1 is 1.30 bits per heavy atom. The van der Waals surface area contributed by atoms with Gasteiger partial charge in [0.2, 0.25) is 0 Å². The smallest absolute Gasteiger partial charge is 0.263 e. The Balaban J connectivity index is 2.57.